The normalized spacial score (nSPS) is 17.7. The topological polar surface area (TPSA) is 83.6 Å². The molecule has 1 unspecified atom stereocenters. The smallest absolute Gasteiger partial charge is 0.323 e. The minimum Gasteiger partial charge on any atom is -0.480 e. The number of carbonyl (C=O) groups excluding carboxylic acids is 1. The van der Waals surface area contributed by atoms with E-state index in [1.807, 2.05) is 6.92 Å². The van der Waals surface area contributed by atoms with Crippen LogP contribution in [-0.4, -0.2) is 41.0 Å². The van der Waals surface area contributed by atoms with Crippen LogP contribution in [0.3, 0.4) is 0 Å². The Morgan fingerprint density at radius 2 is 2.00 bits per heavy atom. The molecule has 1 aliphatic rings. The molecule has 0 radical (unpaired) electrons. The lowest BCUT2D eigenvalue weighted by Crippen LogP contribution is -2.42. The molecule has 1 rings (SSSR count). The van der Waals surface area contributed by atoms with E-state index in [0.717, 1.165) is 32.1 Å². The molecule has 1 aliphatic carbocycles. The summed E-state index contributed by atoms with van der Waals surface area (Å²) in [5.74, 6) is -0.657. The highest BCUT2D eigenvalue weighted by Gasteiger charge is 2.28. The molecular formula is C13H24N2O3. The molecule has 0 aliphatic heterocycles. The van der Waals surface area contributed by atoms with Crippen LogP contribution in [0.1, 0.15) is 45.4 Å². The Bertz CT molecular complexity index is 288. The van der Waals surface area contributed by atoms with Gasteiger partial charge in [-0.25, -0.2) is 0 Å². The minimum absolute atomic E-state index is 0.0374. The first-order valence-electron chi connectivity index (χ1n) is 6.76. The molecule has 0 aromatic carbocycles. The van der Waals surface area contributed by atoms with Crippen molar-refractivity contribution < 1.29 is 14.7 Å². The van der Waals surface area contributed by atoms with Gasteiger partial charge in [0.25, 0.3) is 0 Å². The lowest BCUT2D eigenvalue weighted by Gasteiger charge is -2.27. The van der Waals surface area contributed by atoms with Gasteiger partial charge in [0.1, 0.15) is 6.54 Å². The van der Waals surface area contributed by atoms with Crippen LogP contribution in [0.4, 0.5) is 0 Å². The van der Waals surface area contributed by atoms with E-state index in [4.69, 9.17) is 10.8 Å². The quantitative estimate of drug-likeness (QED) is 0.717. The third-order valence-corrected chi connectivity index (χ3v) is 3.64. The third kappa shape index (κ3) is 4.64. The molecule has 0 aromatic heterocycles. The molecule has 0 saturated heterocycles. The van der Waals surface area contributed by atoms with Crippen LogP contribution in [-0.2, 0) is 9.59 Å². The van der Waals surface area contributed by atoms with Crippen molar-refractivity contribution >= 4 is 11.9 Å². The van der Waals surface area contributed by atoms with E-state index < -0.39 is 5.97 Å². The maximum atomic E-state index is 12.1. The molecule has 3 N–H and O–H groups in total. The van der Waals surface area contributed by atoms with Crippen molar-refractivity contribution in [3.05, 3.63) is 0 Å². The first-order chi connectivity index (χ1) is 8.54. The van der Waals surface area contributed by atoms with E-state index in [9.17, 15) is 9.59 Å². The molecule has 0 aromatic rings. The standard InChI is InChI=1S/C13H24N2O3/c1-10(8-14)6-7-12(16)15(9-13(17)18)11-4-2-3-5-11/h10-11H,2-9,14H2,1H3,(H,17,18). The summed E-state index contributed by atoms with van der Waals surface area (Å²) in [7, 11) is 0. The minimum atomic E-state index is -0.929. The third-order valence-electron chi connectivity index (χ3n) is 3.64. The van der Waals surface area contributed by atoms with E-state index >= 15 is 0 Å². The average molecular weight is 256 g/mol. The van der Waals surface area contributed by atoms with Gasteiger partial charge in [-0.05, 0) is 31.7 Å². The van der Waals surface area contributed by atoms with Gasteiger partial charge in [0.2, 0.25) is 5.91 Å². The first kappa shape index (κ1) is 15.0. The van der Waals surface area contributed by atoms with Gasteiger partial charge in [0, 0.05) is 12.5 Å². The lowest BCUT2D eigenvalue weighted by atomic mass is 10.0. The van der Waals surface area contributed by atoms with Crippen LogP contribution >= 0.6 is 0 Å². The van der Waals surface area contributed by atoms with Gasteiger partial charge >= 0.3 is 5.97 Å². The number of hydrogen-bond acceptors (Lipinski definition) is 3. The molecule has 1 saturated carbocycles. The first-order valence-corrected chi connectivity index (χ1v) is 6.76. The highest BCUT2D eigenvalue weighted by molar-refractivity contribution is 5.81. The SMILES string of the molecule is CC(CN)CCC(=O)N(CC(=O)O)C1CCCC1. The summed E-state index contributed by atoms with van der Waals surface area (Å²) in [6.07, 6.45) is 5.19. The van der Waals surface area contributed by atoms with Crippen molar-refractivity contribution in [1.82, 2.24) is 4.90 Å². The van der Waals surface area contributed by atoms with Gasteiger partial charge in [-0.2, -0.15) is 0 Å². The van der Waals surface area contributed by atoms with Crippen LogP contribution in [0.2, 0.25) is 0 Å². The Kier molecular flexibility index (Phi) is 6.12. The average Bonchev–Trinajstić information content (AvgIpc) is 2.85. The van der Waals surface area contributed by atoms with Crippen molar-refractivity contribution in [3.8, 4) is 0 Å². The van der Waals surface area contributed by atoms with Crippen LogP contribution in [0.15, 0.2) is 0 Å². The molecule has 1 amide bonds. The number of rotatable bonds is 7. The van der Waals surface area contributed by atoms with E-state index in [1.165, 1.54) is 0 Å². The van der Waals surface area contributed by atoms with Crippen LogP contribution in [0.5, 0.6) is 0 Å². The predicted molar refractivity (Wildman–Crippen MR) is 69.1 cm³/mol. The van der Waals surface area contributed by atoms with E-state index in [2.05, 4.69) is 0 Å². The molecule has 0 heterocycles. The number of nitrogens with two attached hydrogens (primary N) is 1. The van der Waals surface area contributed by atoms with Gasteiger partial charge in [0.05, 0.1) is 0 Å². The summed E-state index contributed by atoms with van der Waals surface area (Å²) in [5, 5.41) is 8.90. The van der Waals surface area contributed by atoms with Crippen molar-refractivity contribution in [3.63, 3.8) is 0 Å². The van der Waals surface area contributed by atoms with Crippen LogP contribution < -0.4 is 5.73 Å². The Morgan fingerprint density at radius 3 is 2.50 bits per heavy atom. The zero-order valence-electron chi connectivity index (χ0n) is 11.1. The van der Waals surface area contributed by atoms with Gasteiger partial charge in [-0.15, -0.1) is 0 Å². The predicted octanol–water partition coefficient (Wildman–Crippen LogP) is 1.22. The lowest BCUT2D eigenvalue weighted by molar-refractivity contribution is -0.146. The summed E-state index contributed by atoms with van der Waals surface area (Å²) in [6.45, 7) is 2.40. The second-order valence-electron chi connectivity index (χ2n) is 5.23. The molecule has 18 heavy (non-hydrogen) atoms. The summed E-state index contributed by atoms with van der Waals surface area (Å²) in [6, 6.07) is 0.127. The molecule has 5 nitrogen and oxygen atoms in total. The van der Waals surface area contributed by atoms with Crippen LogP contribution in [0.25, 0.3) is 0 Å². The Morgan fingerprint density at radius 1 is 1.39 bits per heavy atom. The molecule has 1 atom stereocenters. The number of carbonyl (C=O) groups is 2. The zero-order chi connectivity index (χ0) is 13.5. The van der Waals surface area contributed by atoms with Crippen molar-refractivity contribution in [2.45, 2.75) is 51.5 Å². The zero-order valence-corrected chi connectivity index (χ0v) is 11.1. The number of nitrogens with zero attached hydrogens (tertiary/aromatic N) is 1. The number of hydrogen-bond donors (Lipinski definition) is 2. The van der Waals surface area contributed by atoms with Gasteiger partial charge < -0.3 is 15.7 Å². The van der Waals surface area contributed by atoms with Gasteiger partial charge in [-0.3, -0.25) is 9.59 Å². The fourth-order valence-corrected chi connectivity index (χ4v) is 2.41. The Balaban J connectivity index is 2.52. The van der Waals surface area contributed by atoms with Crippen molar-refractivity contribution in [2.75, 3.05) is 13.1 Å². The molecule has 5 heteroatoms. The number of carboxylic acids is 1. The highest BCUT2D eigenvalue weighted by Crippen LogP contribution is 2.24. The summed E-state index contributed by atoms with van der Waals surface area (Å²) < 4.78 is 0. The molecule has 1 fully saturated rings. The summed E-state index contributed by atoms with van der Waals surface area (Å²) >= 11 is 0. The molecule has 104 valence electrons. The maximum absolute atomic E-state index is 12.1. The highest BCUT2D eigenvalue weighted by atomic mass is 16.4. The number of carboxylic acid groups (broad SMARTS) is 1. The maximum Gasteiger partial charge on any atom is 0.323 e. The summed E-state index contributed by atoms with van der Waals surface area (Å²) in [4.78, 5) is 24.5. The van der Waals surface area contributed by atoms with Crippen molar-refractivity contribution in [2.24, 2.45) is 11.7 Å². The molecule has 0 spiro atoms. The number of aliphatic carboxylic acids is 1. The van der Waals surface area contributed by atoms with Gasteiger partial charge in [-0.1, -0.05) is 19.8 Å². The number of amides is 1. The van der Waals surface area contributed by atoms with Crippen molar-refractivity contribution in [1.29, 1.82) is 0 Å². The largest absolute Gasteiger partial charge is 0.480 e. The Labute approximate surface area is 108 Å². The second kappa shape index (κ2) is 7.36. The van der Waals surface area contributed by atoms with E-state index in [0.29, 0.717) is 18.9 Å². The fraction of sp³-hybridized carbons (Fsp3) is 0.846. The van der Waals surface area contributed by atoms with Crippen LogP contribution in [0, 0.1) is 5.92 Å². The van der Waals surface area contributed by atoms with E-state index in [1.54, 1.807) is 4.90 Å². The fourth-order valence-electron chi connectivity index (χ4n) is 2.41. The summed E-state index contributed by atoms with van der Waals surface area (Å²) in [5.41, 5.74) is 5.52. The monoisotopic (exact) mass is 256 g/mol. The molecular weight excluding hydrogens is 232 g/mol. The second-order valence-corrected chi connectivity index (χ2v) is 5.23. The molecule has 0 bridgehead atoms. The Hall–Kier alpha value is -1.10. The van der Waals surface area contributed by atoms with Gasteiger partial charge in [0.15, 0.2) is 0 Å². The van der Waals surface area contributed by atoms with E-state index in [-0.39, 0.29) is 18.5 Å².